The van der Waals surface area contributed by atoms with Gasteiger partial charge in [-0.25, -0.2) is 18.7 Å². The summed E-state index contributed by atoms with van der Waals surface area (Å²) in [7, 11) is 0. The number of aromatic nitrogens is 3. The van der Waals surface area contributed by atoms with E-state index in [1.165, 1.54) is 0 Å². The molecular weight excluding hydrogens is 312 g/mol. The number of halogens is 2. The standard InChI is InChI=1S/C17H19F2N5/c1-10-11(2)21-9-22-17(10)23-6-13-4-14(7-23)24(13)8-16-15(19)3-12(18)5-20-16/h3,5,9,13-14H,4,6-8H2,1-2H3. The number of fused-ring (bicyclic) bond motifs is 2. The van der Waals surface area contributed by atoms with Crippen molar-refractivity contribution in [2.24, 2.45) is 0 Å². The van der Waals surface area contributed by atoms with Gasteiger partial charge in [0.05, 0.1) is 11.9 Å². The fourth-order valence-corrected chi connectivity index (χ4v) is 3.69. The summed E-state index contributed by atoms with van der Waals surface area (Å²) in [6.45, 7) is 6.17. The molecule has 3 aliphatic rings. The minimum absolute atomic E-state index is 0.314. The van der Waals surface area contributed by atoms with Crippen LogP contribution in [-0.4, -0.2) is 45.0 Å². The minimum atomic E-state index is -0.638. The molecule has 5 nitrogen and oxygen atoms in total. The van der Waals surface area contributed by atoms with E-state index in [-0.39, 0.29) is 0 Å². The highest BCUT2D eigenvalue weighted by Gasteiger charge is 2.45. The van der Waals surface area contributed by atoms with Crippen LogP contribution in [0.4, 0.5) is 14.6 Å². The second-order valence-electron chi connectivity index (χ2n) is 6.61. The van der Waals surface area contributed by atoms with Crippen LogP contribution in [0.1, 0.15) is 23.4 Å². The first kappa shape index (κ1) is 15.4. The molecule has 5 heterocycles. The number of piperidine rings is 1. The molecule has 3 aliphatic heterocycles. The van der Waals surface area contributed by atoms with Crippen molar-refractivity contribution in [3.63, 3.8) is 0 Å². The molecular formula is C17H19F2N5. The average Bonchev–Trinajstić information content (AvgIpc) is 2.56. The topological polar surface area (TPSA) is 45.2 Å². The van der Waals surface area contributed by atoms with Gasteiger partial charge in [-0.2, -0.15) is 0 Å². The Morgan fingerprint density at radius 1 is 1.12 bits per heavy atom. The van der Waals surface area contributed by atoms with Crippen molar-refractivity contribution in [1.82, 2.24) is 19.9 Å². The third kappa shape index (κ3) is 2.53. The molecule has 2 bridgehead atoms. The lowest BCUT2D eigenvalue weighted by Gasteiger charge is -2.56. The van der Waals surface area contributed by atoms with E-state index in [0.717, 1.165) is 48.8 Å². The zero-order valence-corrected chi connectivity index (χ0v) is 13.7. The summed E-state index contributed by atoms with van der Waals surface area (Å²) in [5.74, 6) is -0.220. The van der Waals surface area contributed by atoms with Gasteiger partial charge in [0.1, 0.15) is 23.8 Å². The van der Waals surface area contributed by atoms with Crippen LogP contribution >= 0.6 is 0 Å². The number of hydrogen-bond donors (Lipinski definition) is 0. The Labute approximate surface area is 139 Å². The molecule has 126 valence electrons. The molecule has 2 atom stereocenters. The smallest absolute Gasteiger partial charge is 0.148 e. The van der Waals surface area contributed by atoms with Crippen molar-refractivity contribution in [2.75, 3.05) is 18.0 Å². The van der Waals surface area contributed by atoms with E-state index >= 15 is 0 Å². The predicted molar refractivity (Wildman–Crippen MR) is 85.6 cm³/mol. The van der Waals surface area contributed by atoms with Gasteiger partial charge in [0, 0.05) is 49.0 Å². The van der Waals surface area contributed by atoms with Crippen LogP contribution in [-0.2, 0) is 6.54 Å². The predicted octanol–water partition coefficient (Wildman–Crippen LogP) is 2.23. The molecule has 0 saturated carbocycles. The van der Waals surface area contributed by atoms with Gasteiger partial charge in [0.25, 0.3) is 0 Å². The molecule has 0 N–H and O–H groups in total. The molecule has 0 aliphatic carbocycles. The summed E-state index contributed by atoms with van der Waals surface area (Å²) in [6.07, 6.45) is 3.78. The Morgan fingerprint density at radius 3 is 2.58 bits per heavy atom. The number of rotatable bonds is 3. The lowest BCUT2D eigenvalue weighted by molar-refractivity contribution is -0.0106. The van der Waals surface area contributed by atoms with Crippen molar-refractivity contribution in [3.8, 4) is 0 Å². The second kappa shape index (κ2) is 5.73. The van der Waals surface area contributed by atoms with Crippen molar-refractivity contribution in [2.45, 2.75) is 38.9 Å². The van der Waals surface area contributed by atoms with Crippen LogP contribution in [0.3, 0.4) is 0 Å². The molecule has 0 spiro atoms. The van der Waals surface area contributed by atoms with Gasteiger partial charge in [0.15, 0.2) is 0 Å². The lowest BCUT2D eigenvalue weighted by Crippen LogP contribution is -2.68. The van der Waals surface area contributed by atoms with Crippen molar-refractivity contribution in [1.29, 1.82) is 0 Å². The van der Waals surface area contributed by atoms with Gasteiger partial charge in [-0.05, 0) is 20.3 Å². The highest BCUT2D eigenvalue weighted by Crippen LogP contribution is 2.36. The summed E-state index contributed by atoms with van der Waals surface area (Å²) < 4.78 is 26.8. The molecule has 2 unspecified atom stereocenters. The summed E-state index contributed by atoms with van der Waals surface area (Å²) in [6, 6.07) is 1.60. The maximum Gasteiger partial charge on any atom is 0.148 e. The fourth-order valence-electron chi connectivity index (χ4n) is 3.69. The first-order chi connectivity index (χ1) is 11.5. The number of nitrogens with zero attached hydrogens (tertiary/aromatic N) is 5. The zero-order chi connectivity index (χ0) is 16.8. The fraction of sp³-hybridized carbons (Fsp3) is 0.471. The van der Waals surface area contributed by atoms with Gasteiger partial charge in [-0.15, -0.1) is 0 Å². The molecule has 0 amide bonds. The van der Waals surface area contributed by atoms with E-state index < -0.39 is 11.6 Å². The van der Waals surface area contributed by atoms with Crippen LogP contribution in [0.2, 0.25) is 0 Å². The number of anilines is 1. The minimum Gasteiger partial charge on any atom is -0.353 e. The largest absolute Gasteiger partial charge is 0.353 e. The molecule has 3 saturated heterocycles. The number of hydrogen-bond acceptors (Lipinski definition) is 5. The highest BCUT2D eigenvalue weighted by molar-refractivity contribution is 5.49. The zero-order valence-electron chi connectivity index (χ0n) is 13.7. The number of pyridine rings is 1. The van der Waals surface area contributed by atoms with Gasteiger partial charge in [0.2, 0.25) is 0 Å². The van der Waals surface area contributed by atoms with Crippen LogP contribution < -0.4 is 4.90 Å². The third-order valence-corrected chi connectivity index (χ3v) is 5.17. The SMILES string of the molecule is Cc1ncnc(N2CC3CC(C2)N3Cc2ncc(F)cc2F)c1C. The van der Waals surface area contributed by atoms with Crippen molar-refractivity contribution < 1.29 is 8.78 Å². The lowest BCUT2D eigenvalue weighted by atomic mass is 9.87. The monoisotopic (exact) mass is 331 g/mol. The van der Waals surface area contributed by atoms with Crippen LogP contribution in [0.25, 0.3) is 0 Å². The maximum atomic E-state index is 13.8. The quantitative estimate of drug-likeness (QED) is 0.863. The Balaban J connectivity index is 1.48. The molecule has 2 aromatic heterocycles. The van der Waals surface area contributed by atoms with E-state index in [1.807, 2.05) is 13.8 Å². The van der Waals surface area contributed by atoms with E-state index in [1.54, 1.807) is 6.33 Å². The van der Waals surface area contributed by atoms with Crippen molar-refractivity contribution >= 4 is 5.82 Å². The molecule has 0 aromatic carbocycles. The average molecular weight is 331 g/mol. The highest BCUT2D eigenvalue weighted by atomic mass is 19.1. The van der Waals surface area contributed by atoms with Gasteiger partial charge < -0.3 is 4.90 Å². The van der Waals surface area contributed by atoms with Gasteiger partial charge >= 0.3 is 0 Å². The second-order valence-corrected chi connectivity index (χ2v) is 6.61. The van der Waals surface area contributed by atoms with Crippen LogP contribution in [0.5, 0.6) is 0 Å². The van der Waals surface area contributed by atoms with E-state index in [4.69, 9.17) is 0 Å². The summed E-state index contributed by atoms with van der Waals surface area (Å²) in [4.78, 5) is 17.1. The number of piperazine rings is 1. The third-order valence-electron chi connectivity index (χ3n) is 5.17. The molecule has 24 heavy (non-hydrogen) atoms. The first-order valence-corrected chi connectivity index (χ1v) is 8.11. The Hall–Kier alpha value is -2.15. The van der Waals surface area contributed by atoms with Crippen molar-refractivity contribution in [3.05, 3.63) is 47.2 Å². The molecule has 0 radical (unpaired) electrons. The van der Waals surface area contributed by atoms with Crippen LogP contribution in [0.15, 0.2) is 18.6 Å². The Morgan fingerprint density at radius 2 is 1.88 bits per heavy atom. The summed E-state index contributed by atoms with van der Waals surface area (Å²) in [5, 5.41) is 0. The maximum absolute atomic E-state index is 13.8. The number of aryl methyl sites for hydroxylation is 1. The Bertz CT molecular complexity index is 770. The van der Waals surface area contributed by atoms with Gasteiger partial charge in [-0.3, -0.25) is 9.88 Å². The van der Waals surface area contributed by atoms with E-state index in [2.05, 4.69) is 24.8 Å². The summed E-state index contributed by atoms with van der Waals surface area (Å²) in [5.41, 5.74) is 2.42. The van der Waals surface area contributed by atoms with E-state index in [0.29, 0.717) is 24.3 Å². The molecule has 5 rings (SSSR count). The Kier molecular flexibility index (Phi) is 3.68. The van der Waals surface area contributed by atoms with E-state index in [9.17, 15) is 8.78 Å². The molecule has 7 heteroatoms. The first-order valence-electron chi connectivity index (χ1n) is 8.11. The van der Waals surface area contributed by atoms with Crippen LogP contribution in [0, 0.1) is 25.5 Å². The molecule has 2 aromatic rings. The molecule has 3 fully saturated rings. The summed E-state index contributed by atoms with van der Waals surface area (Å²) >= 11 is 0. The normalized spacial score (nSPS) is 23.2. The van der Waals surface area contributed by atoms with Gasteiger partial charge in [-0.1, -0.05) is 0 Å².